The lowest BCUT2D eigenvalue weighted by atomic mass is 9.89. The second kappa shape index (κ2) is 5.19. The number of rotatable bonds is 2. The van der Waals surface area contributed by atoms with Crippen LogP contribution in [0.1, 0.15) is 43.8 Å². The number of H-pyrrole nitrogens is 1. The SMILES string of the molecule is Nc1cc(F)c(F)cc1-c1n[nH]c(C2CCCCC2)n1. The van der Waals surface area contributed by atoms with Crippen LogP contribution >= 0.6 is 0 Å². The Morgan fingerprint density at radius 2 is 1.80 bits per heavy atom. The summed E-state index contributed by atoms with van der Waals surface area (Å²) in [4.78, 5) is 4.40. The fourth-order valence-corrected chi connectivity index (χ4v) is 2.71. The minimum atomic E-state index is -0.964. The molecule has 6 heteroatoms. The molecule has 0 amide bonds. The minimum Gasteiger partial charge on any atom is -0.398 e. The van der Waals surface area contributed by atoms with E-state index in [0.717, 1.165) is 30.8 Å². The Kier molecular flexibility index (Phi) is 3.38. The lowest BCUT2D eigenvalue weighted by Crippen LogP contribution is -2.06. The number of nitrogens with one attached hydrogen (secondary N) is 1. The molecule has 1 aromatic heterocycles. The van der Waals surface area contributed by atoms with Crippen molar-refractivity contribution in [3.8, 4) is 11.4 Å². The molecule has 2 aromatic rings. The number of nitrogens with two attached hydrogens (primary N) is 1. The number of halogens is 2. The Morgan fingerprint density at radius 1 is 1.10 bits per heavy atom. The van der Waals surface area contributed by atoms with Gasteiger partial charge in [-0.1, -0.05) is 19.3 Å². The molecule has 0 atom stereocenters. The molecule has 1 heterocycles. The van der Waals surface area contributed by atoms with Gasteiger partial charge in [-0.2, -0.15) is 5.10 Å². The zero-order valence-electron chi connectivity index (χ0n) is 11.0. The molecular formula is C14H16F2N4. The van der Waals surface area contributed by atoms with Crippen molar-refractivity contribution >= 4 is 5.69 Å². The summed E-state index contributed by atoms with van der Waals surface area (Å²) in [7, 11) is 0. The molecule has 106 valence electrons. The van der Waals surface area contributed by atoms with Crippen molar-refractivity contribution in [2.75, 3.05) is 5.73 Å². The van der Waals surface area contributed by atoms with Crippen molar-refractivity contribution in [3.63, 3.8) is 0 Å². The summed E-state index contributed by atoms with van der Waals surface area (Å²) in [6, 6.07) is 2.00. The second-order valence-corrected chi connectivity index (χ2v) is 5.23. The number of benzene rings is 1. The smallest absolute Gasteiger partial charge is 0.183 e. The first kappa shape index (κ1) is 13.0. The summed E-state index contributed by atoms with van der Waals surface area (Å²) in [6.45, 7) is 0. The normalized spacial score (nSPS) is 16.5. The Hall–Kier alpha value is -1.98. The molecule has 0 unspecified atom stereocenters. The average Bonchev–Trinajstić information content (AvgIpc) is 2.93. The fraction of sp³-hybridized carbons (Fsp3) is 0.429. The van der Waals surface area contributed by atoms with Crippen LogP contribution in [0.25, 0.3) is 11.4 Å². The van der Waals surface area contributed by atoms with Gasteiger partial charge in [-0.05, 0) is 18.9 Å². The van der Waals surface area contributed by atoms with Crippen LogP contribution < -0.4 is 5.73 Å². The molecule has 0 saturated heterocycles. The van der Waals surface area contributed by atoms with E-state index in [-0.39, 0.29) is 5.69 Å². The van der Waals surface area contributed by atoms with Crippen LogP contribution in [0.3, 0.4) is 0 Å². The number of nitrogen functional groups attached to an aromatic ring is 1. The van der Waals surface area contributed by atoms with E-state index in [4.69, 9.17) is 5.73 Å². The molecular weight excluding hydrogens is 262 g/mol. The third-order valence-corrected chi connectivity index (χ3v) is 3.83. The summed E-state index contributed by atoms with van der Waals surface area (Å²) in [5.74, 6) is -0.408. The first-order valence-electron chi connectivity index (χ1n) is 6.82. The van der Waals surface area contributed by atoms with Gasteiger partial charge < -0.3 is 5.73 Å². The number of nitrogens with zero attached hydrogens (tertiary/aromatic N) is 2. The number of aromatic nitrogens is 3. The molecule has 0 aliphatic heterocycles. The molecule has 20 heavy (non-hydrogen) atoms. The first-order chi connectivity index (χ1) is 9.65. The summed E-state index contributed by atoms with van der Waals surface area (Å²) < 4.78 is 26.4. The molecule has 1 aliphatic carbocycles. The van der Waals surface area contributed by atoms with Crippen molar-refractivity contribution in [2.45, 2.75) is 38.0 Å². The third-order valence-electron chi connectivity index (χ3n) is 3.83. The second-order valence-electron chi connectivity index (χ2n) is 5.23. The fourth-order valence-electron chi connectivity index (χ4n) is 2.71. The van der Waals surface area contributed by atoms with Gasteiger partial charge in [-0.15, -0.1) is 0 Å². The molecule has 1 fully saturated rings. The molecule has 1 aliphatic rings. The van der Waals surface area contributed by atoms with Crippen LogP contribution in [0.2, 0.25) is 0 Å². The van der Waals surface area contributed by atoms with E-state index in [9.17, 15) is 8.78 Å². The Labute approximate surface area is 115 Å². The average molecular weight is 278 g/mol. The van der Waals surface area contributed by atoms with Gasteiger partial charge in [-0.25, -0.2) is 13.8 Å². The molecule has 1 saturated carbocycles. The quantitative estimate of drug-likeness (QED) is 0.827. The highest BCUT2D eigenvalue weighted by Gasteiger charge is 2.20. The van der Waals surface area contributed by atoms with Crippen LogP contribution in [-0.4, -0.2) is 15.2 Å². The maximum Gasteiger partial charge on any atom is 0.183 e. The van der Waals surface area contributed by atoms with E-state index < -0.39 is 11.6 Å². The molecule has 4 nitrogen and oxygen atoms in total. The maximum absolute atomic E-state index is 13.3. The van der Waals surface area contributed by atoms with Gasteiger partial charge >= 0.3 is 0 Å². The van der Waals surface area contributed by atoms with Crippen LogP contribution in [0, 0.1) is 11.6 Å². The lowest BCUT2D eigenvalue weighted by molar-refractivity contribution is 0.429. The summed E-state index contributed by atoms with van der Waals surface area (Å²) in [5.41, 5.74) is 6.17. The molecule has 0 bridgehead atoms. The highest BCUT2D eigenvalue weighted by atomic mass is 19.2. The van der Waals surface area contributed by atoms with E-state index >= 15 is 0 Å². The van der Waals surface area contributed by atoms with Crippen molar-refractivity contribution in [2.24, 2.45) is 0 Å². The zero-order chi connectivity index (χ0) is 14.1. The zero-order valence-corrected chi connectivity index (χ0v) is 11.0. The Morgan fingerprint density at radius 3 is 2.55 bits per heavy atom. The van der Waals surface area contributed by atoms with Gasteiger partial charge in [0, 0.05) is 23.2 Å². The number of aromatic amines is 1. The summed E-state index contributed by atoms with van der Waals surface area (Å²) >= 11 is 0. The van der Waals surface area contributed by atoms with Gasteiger partial charge in [0.25, 0.3) is 0 Å². The van der Waals surface area contributed by atoms with Gasteiger partial charge in [0.05, 0.1) is 0 Å². The van der Waals surface area contributed by atoms with Crippen LogP contribution in [-0.2, 0) is 0 Å². The van der Waals surface area contributed by atoms with Crippen molar-refractivity contribution in [1.82, 2.24) is 15.2 Å². The molecule has 3 rings (SSSR count). The van der Waals surface area contributed by atoms with Gasteiger partial charge in [0.1, 0.15) is 5.82 Å². The predicted molar refractivity (Wildman–Crippen MR) is 72.0 cm³/mol. The van der Waals surface area contributed by atoms with Crippen molar-refractivity contribution < 1.29 is 8.78 Å². The van der Waals surface area contributed by atoms with E-state index in [0.29, 0.717) is 17.3 Å². The van der Waals surface area contributed by atoms with Crippen molar-refractivity contribution in [1.29, 1.82) is 0 Å². The Bertz CT molecular complexity index is 618. The molecule has 3 N–H and O–H groups in total. The molecule has 0 spiro atoms. The maximum atomic E-state index is 13.3. The third kappa shape index (κ3) is 2.37. The largest absolute Gasteiger partial charge is 0.398 e. The monoisotopic (exact) mass is 278 g/mol. The van der Waals surface area contributed by atoms with E-state index in [1.165, 1.54) is 19.3 Å². The van der Waals surface area contributed by atoms with Gasteiger partial charge in [0.15, 0.2) is 17.5 Å². The number of anilines is 1. The minimum absolute atomic E-state index is 0.137. The Balaban J connectivity index is 1.91. The molecule has 0 radical (unpaired) electrons. The van der Waals surface area contributed by atoms with E-state index in [2.05, 4.69) is 15.2 Å². The van der Waals surface area contributed by atoms with Crippen LogP contribution in [0.4, 0.5) is 14.5 Å². The predicted octanol–water partition coefficient (Wildman–Crippen LogP) is 3.38. The first-order valence-corrected chi connectivity index (χ1v) is 6.82. The summed E-state index contributed by atoms with van der Waals surface area (Å²) in [5, 5.41) is 6.99. The lowest BCUT2D eigenvalue weighted by Gasteiger charge is -2.18. The van der Waals surface area contributed by atoms with Crippen LogP contribution in [0.5, 0.6) is 0 Å². The highest BCUT2D eigenvalue weighted by Crippen LogP contribution is 2.32. The highest BCUT2D eigenvalue weighted by molar-refractivity contribution is 5.71. The van der Waals surface area contributed by atoms with Crippen LogP contribution in [0.15, 0.2) is 12.1 Å². The van der Waals surface area contributed by atoms with Gasteiger partial charge in [-0.3, -0.25) is 5.10 Å². The van der Waals surface area contributed by atoms with Crippen molar-refractivity contribution in [3.05, 3.63) is 29.6 Å². The number of hydrogen-bond donors (Lipinski definition) is 2. The summed E-state index contributed by atoms with van der Waals surface area (Å²) in [6.07, 6.45) is 5.80. The standard InChI is InChI=1S/C14H16F2N4/c15-10-6-9(12(17)7-11(10)16)14-18-13(19-20-14)8-4-2-1-3-5-8/h6-8H,1-5,17H2,(H,18,19,20). The number of hydrogen-bond acceptors (Lipinski definition) is 3. The molecule has 1 aromatic carbocycles. The van der Waals surface area contributed by atoms with Gasteiger partial charge in [0.2, 0.25) is 0 Å². The van der Waals surface area contributed by atoms with E-state index in [1.54, 1.807) is 0 Å². The van der Waals surface area contributed by atoms with E-state index in [1.807, 2.05) is 0 Å². The topological polar surface area (TPSA) is 67.6 Å².